The predicted molar refractivity (Wildman–Crippen MR) is 72.9 cm³/mol. The van der Waals surface area contributed by atoms with Crippen molar-refractivity contribution < 1.29 is 5.11 Å². The average molecular weight is 304 g/mol. The zero-order valence-corrected chi connectivity index (χ0v) is 12.8. The molecule has 1 aromatic heterocycles. The first kappa shape index (κ1) is 14.7. The third-order valence-electron chi connectivity index (χ3n) is 3.35. The Balaban J connectivity index is 3.10. The number of aryl methyl sites for hydroxylation is 1. The Morgan fingerprint density at radius 3 is 2.59 bits per heavy atom. The number of hydrogen-bond acceptors (Lipinski definition) is 3. The van der Waals surface area contributed by atoms with Gasteiger partial charge in [0.1, 0.15) is 6.10 Å². The molecule has 1 N–H and O–H groups in total. The van der Waals surface area contributed by atoms with Gasteiger partial charge in [-0.3, -0.25) is 4.68 Å². The van der Waals surface area contributed by atoms with Gasteiger partial charge in [-0.05, 0) is 50.3 Å². The number of likely N-dealkylation sites (N-methyl/N-ethyl adjacent to an activating group) is 1. The highest BCUT2D eigenvalue weighted by Gasteiger charge is 2.34. The number of aliphatic hydroxyl groups excluding tert-OH is 1. The topological polar surface area (TPSA) is 41.3 Å². The van der Waals surface area contributed by atoms with E-state index in [1.807, 2.05) is 37.5 Å². The Hall–Kier alpha value is -0.390. The maximum atomic E-state index is 10.6. The number of aromatic nitrogens is 2. The van der Waals surface area contributed by atoms with Crippen LogP contribution in [0.1, 0.15) is 39.0 Å². The summed E-state index contributed by atoms with van der Waals surface area (Å²) in [5.41, 5.74) is 0.513. The summed E-state index contributed by atoms with van der Waals surface area (Å²) < 4.78 is 2.74. The van der Waals surface area contributed by atoms with Gasteiger partial charge in [0.2, 0.25) is 0 Å². The lowest BCUT2D eigenvalue weighted by molar-refractivity contribution is 0.0101. The van der Waals surface area contributed by atoms with Crippen molar-refractivity contribution >= 4 is 15.9 Å². The maximum absolute atomic E-state index is 10.6. The Kier molecular flexibility index (Phi) is 4.75. The number of hydrogen-bond donors (Lipinski definition) is 1. The molecule has 0 spiro atoms. The summed E-state index contributed by atoms with van der Waals surface area (Å²) in [4.78, 5) is 2.02. The number of aliphatic hydroxyl groups is 1. The van der Waals surface area contributed by atoms with E-state index in [2.05, 4.69) is 28.0 Å². The van der Waals surface area contributed by atoms with Gasteiger partial charge in [-0.2, -0.15) is 5.10 Å². The second kappa shape index (κ2) is 5.50. The lowest BCUT2D eigenvalue weighted by Gasteiger charge is -2.37. The molecule has 1 rings (SSSR count). The van der Waals surface area contributed by atoms with Crippen LogP contribution >= 0.6 is 15.9 Å². The van der Waals surface area contributed by atoms with E-state index in [1.54, 1.807) is 6.20 Å². The Morgan fingerprint density at radius 1 is 1.53 bits per heavy atom. The highest BCUT2D eigenvalue weighted by atomic mass is 79.9. The van der Waals surface area contributed by atoms with E-state index in [4.69, 9.17) is 0 Å². The van der Waals surface area contributed by atoms with Crippen molar-refractivity contribution in [1.82, 2.24) is 14.7 Å². The molecule has 17 heavy (non-hydrogen) atoms. The SMILES string of the molecule is CCCn1ncc(Br)c1C(O)C(C)(C)N(C)C. The normalized spacial score (nSPS) is 14.4. The zero-order chi connectivity index (χ0) is 13.2. The minimum absolute atomic E-state index is 0.339. The largest absolute Gasteiger partial charge is 0.385 e. The fraction of sp³-hybridized carbons (Fsp3) is 0.750. The number of rotatable bonds is 5. The van der Waals surface area contributed by atoms with Crippen LogP contribution in [-0.2, 0) is 6.54 Å². The van der Waals surface area contributed by atoms with Crippen LogP contribution in [0.25, 0.3) is 0 Å². The third-order valence-corrected chi connectivity index (χ3v) is 3.96. The molecule has 0 aliphatic heterocycles. The van der Waals surface area contributed by atoms with Gasteiger partial charge in [-0.1, -0.05) is 6.92 Å². The maximum Gasteiger partial charge on any atom is 0.114 e. The molecule has 0 amide bonds. The van der Waals surface area contributed by atoms with Crippen LogP contribution in [0.2, 0.25) is 0 Å². The Labute approximate surface area is 112 Å². The van der Waals surface area contributed by atoms with Gasteiger partial charge >= 0.3 is 0 Å². The van der Waals surface area contributed by atoms with Crippen molar-refractivity contribution in [2.24, 2.45) is 0 Å². The predicted octanol–water partition coefficient (Wildman–Crippen LogP) is 2.43. The van der Waals surface area contributed by atoms with Crippen LogP contribution in [0, 0.1) is 0 Å². The molecule has 5 heteroatoms. The molecule has 0 aliphatic carbocycles. The van der Waals surface area contributed by atoms with E-state index in [1.165, 1.54) is 0 Å². The summed E-state index contributed by atoms with van der Waals surface area (Å²) in [6.07, 6.45) is 2.16. The van der Waals surface area contributed by atoms with E-state index < -0.39 is 6.10 Å². The second-order valence-corrected chi connectivity index (χ2v) is 5.91. The van der Waals surface area contributed by atoms with E-state index in [0.29, 0.717) is 0 Å². The molecule has 1 unspecified atom stereocenters. The molecule has 0 saturated carbocycles. The van der Waals surface area contributed by atoms with Gasteiger partial charge in [-0.15, -0.1) is 0 Å². The molecule has 4 nitrogen and oxygen atoms in total. The lowest BCUT2D eigenvalue weighted by Crippen LogP contribution is -2.44. The molecule has 1 aromatic rings. The average Bonchev–Trinajstić information content (AvgIpc) is 2.59. The molecule has 0 aliphatic rings. The van der Waals surface area contributed by atoms with Crippen molar-refractivity contribution in [2.75, 3.05) is 14.1 Å². The first-order valence-corrected chi connectivity index (χ1v) is 6.68. The molecule has 1 heterocycles. The second-order valence-electron chi connectivity index (χ2n) is 5.05. The van der Waals surface area contributed by atoms with Gasteiger partial charge in [0.05, 0.1) is 16.4 Å². The van der Waals surface area contributed by atoms with E-state index >= 15 is 0 Å². The van der Waals surface area contributed by atoms with Gasteiger partial charge in [0.15, 0.2) is 0 Å². The Bertz CT molecular complexity index is 374. The van der Waals surface area contributed by atoms with Crippen LogP contribution in [-0.4, -0.2) is 39.4 Å². The van der Waals surface area contributed by atoms with Crippen LogP contribution in [0.3, 0.4) is 0 Å². The van der Waals surface area contributed by atoms with Crippen molar-refractivity contribution in [1.29, 1.82) is 0 Å². The quantitative estimate of drug-likeness (QED) is 0.908. The minimum Gasteiger partial charge on any atom is -0.385 e. The van der Waals surface area contributed by atoms with Crippen molar-refractivity contribution in [3.8, 4) is 0 Å². The summed E-state index contributed by atoms with van der Waals surface area (Å²) in [6.45, 7) is 6.96. The third kappa shape index (κ3) is 2.89. The van der Waals surface area contributed by atoms with Crippen LogP contribution < -0.4 is 0 Å². The van der Waals surface area contributed by atoms with Crippen molar-refractivity contribution in [3.63, 3.8) is 0 Å². The van der Waals surface area contributed by atoms with E-state index in [-0.39, 0.29) is 5.54 Å². The fourth-order valence-corrected chi connectivity index (χ4v) is 2.13. The van der Waals surface area contributed by atoms with E-state index in [9.17, 15) is 5.11 Å². The van der Waals surface area contributed by atoms with Crippen molar-refractivity contribution in [2.45, 2.75) is 45.4 Å². The fourth-order valence-electron chi connectivity index (χ4n) is 1.61. The van der Waals surface area contributed by atoms with Crippen molar-refractivity contribution in [3.05, 3.63) is 16.4 Å². The monoisotopic (exact) mass is 303 g/mol. The van der Waals surface area contributed by atoms with Crippen LogP contribution in [0.15, 0.2) is 10.7 Å². The van der Waals surface area contributed by atoms with Gasteiger partial charge in [0.25, 0.3) is 0 Å². The summed E-state index contributed by atoms with van der Waals surface area (Å²) >= 11 is 3.47. The molecule has 0 fully saturated rings. The molecule has 0 bridgehead atoms. The zero-order valence-electron chi connectivity index (χ0n) is 11.2. The molecule has 98 valence electrons. The first-order chi connectivity index (χ1) is 7.82. The summed E-state index contributed by atoms with van der Waals surface area (Å²) in [5, 5.41) is 14.9. The summed E-state index contributed by atoms with van der Waals surface area (Å²) in [5.74, 6) is 0. The summed E-state index contributed by atoms with van der Waals surface area (Å²) in [7, 11) is 3.94. The molecule has 0 aromatic carbocycles. The molecule has 1 atom stereocenters. The molecule has 0 saturated heterocycles. The first-order valence-electron chi connectivity index (χ1n) is 5.89. The van der Waals surface area contributed by atoms with E-state index in [0.717, 1.165) is 23.1 Å². The highest BCUT2D eigenvalue weighted by molar-refractivity contribution is 9.10. The van der Waals surface area contributed by atoms with Gasteiger partial charge in [-0.25, -0.2) is 0 Å². The molecular formula is C12H22BrN3O. The number of nitrogens with zero attached hydrogens (tertiary/aromatic N) is 3. The number of halogens is 1. The van der Waals surface area contributed by atoms with Crippen LogP contribution in [0.5, 0.6) is 0 Å². The van der Waals surface area contributed by atoms with Gasteiger partial charge < -0.3 is 10.0 Å². The van der Waals surface area contributed by atoms with Gasteiger partial charge in [0, 0.05) is 12.1 Å². The minimum atomic E-state index is -0.582. The summed E-state index contributed by atoms with van der Waals surface area (Å²) in [6, 6.07) is 0. The molecular weight excluding hydrogens is 282 g/mol. The van der Waals surface area contributed by atoms with Crippen LogP contribution in [0.4, 0.5) is 0 Å². The molecule has 0 radical (unpaired) electrons. The highest BCUT2D eigenvalue weighted by Crippen LogP contribution is 2.33. The Morgan fingerprint density at radius 2 is 2.12 bits per heavy atom. The smallest absolute Gasteiger partial charge is 0.114 e. The standard InChI is InChI=1S/C12H22BrN3O/c1-6-7-16-10(9(13)8-14-16)11(17)12(2,3)15(4)5/h8,11,17H,6-7H2,1-5H3. The lowest BCUT2D eigenvalue weighted by atomic mass is 9.93.